The monoisotopic (exact) mass is 304 g/mol. The predicted molar refractivity (Wildman–Crippen MR) is 80.9 cm³/mol. The van der Waals surface area contributed by atoms with Gasteiger partial charge in [0.15, 0.2) is 0 Å². The average Bonchev–Trinajstić information content (AvgIpc) is 2.46. The average molecular weight is 305 g/mol. The van der Waals surface area contributed by atoms with Gasteiger partial charge in [-0.05, 0) is 35.9 Å². The van der Waals surface area contributed by atoms with Crippen LogP contribution in [-0.2, 0) is 6.61 Å². The molecular formula is C15H10Cl2N2O. The first kappa shape index (κ1) is 13.3. The van der Waals surface area contributed by atoms with Crippen LogP contribution in [0.25, 0.3) is 22.2 Å². The minimum absolute atomic E-state index is 0.0448. The molecular weight excluding hydrogens is 295 g/mol. The first-order chi connectivity index (χ1) is 9.70. The maximum absolute atomic E-state index is 9.40. The third kappa shape index (κ3) is 2.24. The van der Waals surface area contributed by atoms with E-state index in [9.17, 15) is 5.11 Å². The molecule has 0 bridgehead atoms. The third-order valence-corrected chi connectivity index (χ3v) is 3.65. The van der Waals surface area contributed by atoms with Gasteiger partial charge >= 0.3 is 0 Å². The Kier molecular flexibility index (Phi) is 3.57. The molecule has 3 aromatic rings. The first-order valence-electron chi connectivity index (χ1n) is 5.99. The summed E-state index contributed by atoms with van der Waals surface area (Å²) in [5, 5.41) is 11.4. The highest BCUT2D eigenvalue weighted by molar-refractivity contribution is 6.36. The Morgan fingerprint density at radius 2 is 1.80 bits per heavy atom. The molecule has 0 aliphatic heterocycles. The molecule has 0 atom stereocenters. The van der Waals surface area contributed by atoms with Crippen molar-refractivity contribution in [3.05, 3.63) is 58.3 Å². The third-order valence-electron chi connectivity index (χ3n) is 3.11. The maximum Gasteiger partial charge on any atom is 0.0979 e. The van der Waals surface area contributed by atoms with Crippen molar-refractivity contribution in [1.82, 2.24) is 9.97 Å². The fourth-order valence-corrected chi connectivity index (χ4v) is 2.65. The van der Waals surface area contributed by atoms with E-state index in [0.29, 0.717) is 21.3 Å². The molecule has 0 saturated heterocycles. The largest absolute Gasteiger partial charge is 0.392 e. The van der Waals surface area contributed by atoms with Crippen LogP contribution in [0.1, 0.15) is 5.56 Å². The summed E-state index contributed by atoms with van der Waals surface area (Å²) in [6.07, 6.45) is 3.34. The van der Waals surface area contributed by atoms with Gasteiger partial charge in [-0.3, -0.25) is 9.97 Å². The zero-order valence-corrected chi connectivity index (χ0v) is 11.9. The molecule has 2 aromatic heterocycles. The molecule has 0 fully saturated rings. The lowest BCUT2D eigenvalue weighted by atomic mass is 10.1. The van der Waals surface area contributed by atoms with E-state index in [1.54, 1.807) is 30.6 Å². The van der Waals surface area contributed by atoms with Gasteiger partial charge in [-0.15, -0.1) is 0 Å². The van der Waals surface area contributed by atoms with Crippen LogP contribution in [0.4, 0.5) is 0 Å². The predicted octanol–water partition coefficient (Wildman–Crippen LogP) is 4.10. The van der Waals surface area contributed by atoms with Crippen LogP contribution in [0, 0.1) is 0 Å². The molecule has 2 heterocycles. The number of aliphatic hydroxyl groups is 1. The van der Waals surface area contributed by atoms with Crippen LogP contribution in [0.15, 0.2) is 42.7 Å². The molecule has 5 heteroatoms. The van der Waals surface area contributed by atoms with Gasteiger partial charge < -0.3 is 5.11 Å². The second-order valence-corrected chi connectivity index (χ2v) is 5.15. The Bertz CT molecular complexity index is 790. The van der Waals surface area contributed by atoms with E-state index in [2.05, 4.69) is 9.97 Å². The van der Waals surface area contributed by atoms with Crippen LogP contribution in [0.5, 0.6) is 0 Å². The summed E-state index contributed by atoms with van der Waals surface area (Å²) in [6.45, 7) is -0.0448. The fourth-order valence-electron chi connectivity index (χ4n) is 2.15. The summed E-state index contributed by atoms with van der Waals surface area (Å²) in [5.74, 6) is 0. The van der Waals surface area contributed by atoms with E-state index in [1.807, 2.05) is 12.1 Å². The molecule has 1 N–H and O–H groups in total. The van der Waals surface area contributed by atoms with Gasteiger partial charge in [0.25, 0.3) is 0 Å². The summed E-state index contributed by atoms with van der Waals surface area (Å²) in [4.78, 5) is 8.74. The number of aliphatic hydroxyl groups excluding tert-OH is 1. The van der Waals surface area contributed by atoms with E-state index >= 15 is 0 Å². The van der Waals surface area contributed by atoms with Crippen molar-refractivity contribution in [2.75, 3.05) is 0 Å². The minimum atomic E-state index is -0.0448. The SMILES string of the molecule is OCc1ccnc2c(-c3ccc(Cl)cc3Cl)nccc12. The van der Waals surface area contributed by atoms with Crippen molar-refractivity contribution in [1.29, 1.82) is 0 Å². The molecule has 3 rings (SSSR count). The lowest BCUT2D eigenvalue weighted by Gasteiger charge is -2.09. The molecule has 20 heavy (non-hydrogen) atoms. The van der Waals surface area contributed by atoms with Crippen LogP contribution >= 0.6 is 23.2 Å². The number of aromatic nitrogens is 2. The highest BCUT2D eigenvalue weighted by Crippen LogP contribution is 2.33. The lowest BCUT2D eigenvalue weighted by molar-refractivity contribution is 0.283. The highest BCUT2D eigenvalue weighted by Gasteiger charge is 2.12. The number of fused-ring (bicyclic) bond motifs is 1. The second kappa shape index (κ2) is 5.37. The van der Waals surface area contributed by atoms with Gasteiger partial charge in [0.1, 0.15) is 0 Å². The Balaban J connectivity index is 2.31. The smallest absolute Gasteiger partial charge is 0.0979 e. The molecule has 0 saturated carbocycles. The van der Waals surface area contributed by atoms with Crippen molar-refractivity contribution in [3.8, 4) is 11.3 Å². The van der Waals surface area contributed by atoms with Crippen molar-refractivity contribution in [3.63, 3.8) is 0 Å². The number of pyridine rings is 2. The quantitative estimate of drug-likeness (QED) is 0.775. The lowest BCUT2D eigenvalue weighted by Crippen LogP contribution is -1.93. The van der Waals surface area contributed by atoms with Gasteiger partial charge in [0.2, 0.25) is 0 Å². The second-order valence-electron chi connectivity index (χ2n) is 4.31. The number of rotatable bonds is 2. The first-order valence-corrected chi connectivity index (χ1v) is 6.75. The molecule has 1 aromatic carbocycles. The topological polar surface area (TPSA) is 46.0 Å². The minimum Gasteiger partial charge on any atom is -0.392 e. The van der Waals surface area contributed by atoms with Crippen molar-refractivity contribution in [2.45, 2.75) is 6.61 Å². The summed E-state index contributed by atoms with van der Waals surface area (Å²) < 4.78 is 0. The van der Waals surface area contributed by atoms with Crippen molar-refractivity contribution < 1.29 is 5.11 Å². The molecule has 0 aliphatic rings. The normalized spacial score (nSPS) is 10.9. The van der Waals surface area contributed by atoms with Gasteiger partial charge in [0, 0.05) is 28.4 Å². The van der Waals surface area contributed by atoms with E-state index in [0.717, 1.165) is 16.5 Å². The zero-order valence-electron chi connectivity index (χ0n) is 10.3. The summed E-state index contributed by atoms with van der Waals surface area (Å²) in [5.41, 5.74) is 2.97. The van der Waals surface area contributed by atoms with Crippen LogP contribution in [0.3, 0.4) is 0 Å². The number of hydrogen-bond donors (Lipinski definition) is 1. The molecule has 0 radical (unpaired) electrons. The fraction of sp³-hybridized carbons (Fsp3) is 0.0667. The molecule has 0 aliphatic carbocycles. The Morgan fingerprint density at radius 1 is 1.00 bits per heavy atom. The number of benzene rings is 1. The van der Waals surface area contributed by atoms with Gasteiger partial charge in [-0.25, -0.2) is 0 Å². The van der Waals surface area contributed by atoms with Crippen LogP contribution < -0.4 is 0 Å². The molecule has 0 amide bonds. The van der Waals surface area contributed by atoms with E-state index < -0.39 is 0 Å². The number of nitrogens with zero attached hydrogens (tertiary/aromatic N) is 2. The Hall–Kier alpha value is -1.68. The summed E-state index contributed by atoms with van der Waals surface area (Å²) >= 11 is 12.2. The standard InChI is InChI=1S/C15H10Cl2N2O/c16-10-1-2-12(13(17)7-10)15-14-11(4-6-19-15)9(8-20)3-5-18-14/h1-7,20H,8H2. The molecule has 0 spiro atoms. The van der Waals surface area contributed by atoms with E-state index in [4.69, 9.17) is 23.2 Å². The highest BCUT2D eigenvalue weighted by atomic mass is 35.5. The van der Waals surface area contributed by atoms with Crippen LogP contribution in [0.2, 0.25) is 10.0 Å². The molecule has 100 valence electrons. The van der Waals surface area contributed by atoms with Crippen molar-refractivity contribution >= 4 is 34.1 Å². The van der Waals surface area contributed by atoms with Gasteiger partial charge in [-0.2, -0.15) is 0 Å². The van der Waals surface area contributed by atoms with E-state index in [-0.39, 0.29) is 6.61 Å². The molecule has 0 unspecified atom stereocenters. The number of hydrogen-bond acceptors (Lipinski definition) is 3. The zero-order chi connectivity index (χ0) is 14.1. The van der Waals surface area contributed by atoms with Crippen molar-refractivity contribution in [2.24, 2.45) is 0 Å². The summed E-state index contributed by atoms with van der Waals surface area (Å²) in [6, 6.07) is 8.88. The Morgan fingerprint density at radius 3 is 2.55 bits per heavy atom. The maximum atomic E-state index is 9.40. The summed E-state index contributed by atoms with van der Waals surface area (Å²) in [7, 11) is 0. The molecule has 3 nitrogen and oxygen atoms in total. The van der Waals surface area contributed by atoms with E-state index in [1.165, 1.54) is 0 Å². The number of halogens is 2. The van der Waals surface area contributed by atoms with Gasteiger partial charge in [0.05, 0.1) is 22.8 Å². The van der Waals surface area contributed by atoms with Crippen LogP contribution in [-0.4, -0.2) is 15.1 Å². The Labute approximate surface area is 125 Å². The van der Waals surface area contributed by atoms with Gasteiger partial charge in [-0.1, -0.05) is 23.2 Å².